The fourth-order valence-electron chi connectivity index (χ4n) is 4.13. The van der Waals surface area contributed by atoms with Gasteiger partial charge in [-0.1, -0.05) is 49.4 Å². The zero-order valence-electron chi connectivity index (χ0n) is 18.8. The Labute approximate surface area is 186 Å². The van der Waals surface area contributed by atoms with E-state index in [0.717, 1.165) is 29.2 Å². The Kier molecular flexibility index (Phi) is 7.38. The Hall–Kier alpha value is -2.38. The van der Waals surface area contributed by atoms with Crippen molar-refractivity contribution in [1.29, 1.82) is 0 Å². The summed E-state index contributed by atoms with van der Waals surface area (Å²) < 4.78 is 25.4. The van der Waals surface area contributed by atoms with Crippen molar-refractivity contribution >= 4 is 21.6 Å². The lowest BCUT2D eigenvalue weighted by atomic mass is 9.99. The van der Waals surface area contributed by atoms with Gasteiger partial charge in [0.25, 0.3) is 0 Å². The Morgan fingerprint density at radius 3 is 2.32 bits per heavy atom. The second-order valence-electron chi connectivity index (χ2n) is 8.61. The summed E-state index contributed by atoms with van der Waals surface area (Å²) in [7, 11) is -2.12. The molecule has 0 radical (unpaired) electrons. The number of sulfonamides is 1. The molecule has 7 heteroatoms. The first-order chi connectivity index (χ1) is 14.7. The summed E-state index contributed by atoms with van der Waals surface area (Å²) in [6, 6.07) is 16.1. The third kappa shape index (κ3) is 5.86. The fourth-order valence-corrected chi connectivity index (χ4v) is 4.73. The first kappa shape index (κ1) is 23.3. The van der Waals surface area contributed by atoms with Crippen LogP contribution in [0.5, 0.6) is 0 Å². The molecule has 0 spiro atoms. The highest BCUT2D eigenvalue weighted by atomic mass is 32.2. The van der Waals surface area contributed by atoms with Crippen molar-refractivity contribution in [1.82, 2.24) is 9.62 Å². The van der Waals surface area contributed by atoms with Crippen molar-refractivity contribution in [2.45, 2.75) is 38.8 Å². The van der Waals surface area contributed by atoms with E-state index in [-0.39, 0.29) is 11.9 Å². The van der Waals surface area contributed by atoms with Crippen LogP contribution in [-0.4, -0.2) is 45.0 Å². The van der Waals surface area contributed by atoms with E-state index in [0.29, 0.717) is 11.5 Å². The highest BCUT2D eigenvalue weighted by Crippen LogP contribution is 2.26. The standard InChI is InChI=1S/C24H33N3O3S/c1-18-9-8-16-27(17-18)22-14-12-20(13-15-22)19(2)25-24(28)23(26(3)31(4,29)30)21-10-6-5-7-11-21/h5-7,10-15,18-19,23H,8-9,16-17H2,1-4H3,(H,25,28)/t18-,19+,23-/m1/s1. The maximum Gasteiger partial charge on any atom is 0.243 e. The van der Waals surface area contributed by atoms with Crippen LogP contribution in [0.2, 0.25) is 0 Å². The number of benzene rings is 2. The molecule has 3 atom stereocenters. The summed E-state index contributed by atoms with van der Waals surface area (Å²) in [6.45, 7) is 6.35. The van der Waals surface area contributed by atoms with Crippen molar-refractivity contribution in [2.24, 2.45) is 5.92 Å². The molecule has 2 aromatic rings. The number of anilines is 1. The van der Waals surface area contributed by atoms with Gasteiger partial charge in [0.05, 0.1) is 12.3 Å². The molecule has 0 aromatic heterocycles. The first-order valence-electron chi connectivity index (χ1n) is 10.8. The number of hydrogen-bond acceptors (Lipinski definition) is 4. The average Bonchev–Trinajstić information content (AvgIpc) is 2.74. The number of carbonyl (C=O) groups excluding carboxylic acids is 1. The molecule has 1 saturated heterocycles. The molecule has 1 amide bonds. The van der Waals surface area contributed by atoms with Crippen molar-refractivity contribution in [2.75, 3.05) is 31.3 Å². The molecule has 3 rings (SSSR count). The van der Waals surface area contributed by atoms with Crippen LogP contribution in [-0.2, 0) is 14.8 Å². The summed E-state index contributed by atoms with van der Waals surface area (Å²) in [5.41, 5.74) is 2.82. The van der Waals surface area contributed by atoms with Crippen LogP contribution in [0.1, 0.15) is 49.9 Å². The van der Waals surface area contributed by atoms with Crippen molar-refractivity contribution in [3.05, 3.63) is 65.7 Å². The van der Waals surface area contributed by atoms with Gasteiger partial charge in [-0.15, -0.1) is 0 Å². The van der Waals surface area contributed by atoms with Gasteiger partial charge in [0, 0.05) is 25.8 Å². The van der Waals surface area contributed by atoms with Crippen molar-refractivity contribution in [3.63, 3.8) is 0 Å². The third-order valence-corrected chi connectivity index (χ3v) is 7.28. The first-order valence-corrected chi connectivity index (χ1v) is 12.6. The molecule has 0 aliphatic carbocycles. The molecule has 1 N–H and O–H groups in total. The van der Waals surface area contributed by atoms with Gasteiger partial charge < -0.3 is 10.2 Å². The third-order valence-electron chi connectivity index (χ3n) is 6.02. The van der Waals surface area contributed by atoms with Crippen LogP contribution >= 0.6 is 0 Å². The molecule has 1 aliphatic rings. The molecule has 31 heavy (non-hydrogen) atoms. The number of rotatable bonds is 7. The minimum absolute atomic E-state index is 0.249. The lowest BCUT2D eigenvalue weighted by Crippen LogP contribution is -2.42. The minimum atomic E-state index is -3.55. The number of piperidine rings is 1. The Bertz CT molecular complexity index is 977. The topological polar surface area (TPSA) is 69.7 Å². The highest BCUT2D eigenvalue weighted by molar-refractivity contribution is 7.88. The number of nitrogens with zero attached hydrogens (tertiary/aromatic N) is 2. The maximum atomic E-state index is 13.1. The molecule has 6 nitrogen and oxygen atoms in total. The lowest BCUT2D eigenvalue weighted by Gasteiger charge is -2.33. The summed E-state index contributed by atoms with van der Waals surface area (Å²) in [5.74, 6) is 0.356. The number of carbonyl (C=O) groups is 1. The second kappa shape index (κ2) is 9.83. The summed E-state index contributed by atoms with van der Waals surface area (Å²) >= 11 is 0. The van der Waals surface area contributed by atoms with Crippen LogP contribution in [0.3, 0.4) is 0 Å². The van der Waals surface area contributed by atoms with Gasteiger partial charge in [0.1, 0.15) is 6.04 Å². The Balaban J connectivity index is 1.74. The van der Waals surface area contributed by atoms with E-state index in [9.17, 15) is 13.2 Å². The van der Waals surface area contributed by atoms with Crippen LogP contribution in [0, 0.1) is 5.92 Å². The van der Waals surface area contributed by atoms with Gasteiger partial charge in [-0.05, 0) is 48.9 Å². The van der Waals surface area contributed by atoms with Gasteiger partial charge in [0.2, 0.25) is 15.9 Å². The number of likely N-dealkylation sites (N-methyl/N-ethyl adjacent to an activating group) is 1. The molecule has 0 bridgehead atoms. The Morgan fingerprint density at radius 1 is 1.10 bits per heavy atom. The molecule has 1 heterocycles. The quantitative estimate of drug-likeness (QED) is 0.708. The summed E-state index contributed by atoms with van der Waals surface area (Å²) in [6.07, 6.45) is 3.60. The zero-order valence-corrected chi connectivity index (χ0v) is 19.6. The Morgan fingerprint density at radius 2 is 1.74 bits per heavy atom. The van der Waals surface area contributed by atoms with Gasteiger partial charge in [-0.25, -0.2) is 8.42 Å². The lowest BCUT2D eigenvalue weighted by molar-refractivity contribution is -0.125. The van der Waals surface area contributed by atoms with Gasteiger partial charge in [0.15, 0.2) is 0 Å². The fraction of sp³-hybridized carbons (Fsp3) is 0.458. The SMILES string of the molecule is C[C@@H]1CCCN(c2ccc([C@H](C)NC(=O)[C@@H](c3ccccc3)N(C)S(C)(=O)=O)cc2)C1. The molecule has 1 fully saturated rings. The van der Waals surface area contributed by atoms with E-state index >= 15 is 0 Å². The molecular weight excluding hydrogens is 410 g/mol. The molecule has 0 saturated carbocycles. The van der Waals surface area contributed by atoms with Crippen LogP contribution in [0.25, 0.3) is 0 Å². The van der Waals surface area contributed by atoms with E-state index in [1.807, 2.05) is 25.1 Å². The van der Waals surface area contributed by atoms with E-state index in [2.05, 4.69) is 29.3 Å². The second-order valence-corrected chi connectivity index (χ2v) is 10.6. The van der Waals surface area contributed by atoms with Crippen LogP contribution in [0.15, 0.2) is 54.6 Å². The van der Waals surface area contributed by atoms with E-state index in [1.165, 1.54) is 25.6 Å². The highest BCUT2D eigenvalue weighted by Gasteiger charge is 2.31. The van der Waals surface area contributed by atoms with Crippen molar-refractivity contribution in [3.8, 4) is 0 Å². The van der Waals surface area contributed by atoms with Crippen LogP contribution < -0.4 is 10.2 Å². The largest absolute Gasteiger partial charge is 0.371 e. The normalized spacial score (nSPS) is 19.1. The van der Waals surface area contributed by atoms with E-state index in [4.69, 9.17) is 0 Å². The number of amides is 1. The predicted octanol–water partition coefficient (Wildman–Crippen LogP) is 3.73. The molecule has 1 aliphatic heterocycles. The average molecular weight is 444 g/mol. The predicted molar refractivity (Wildman–Crippen MR) is 125 cm³/mol. The zero-order chi connectivity index (χ0) is 22.6. The van der Waals surface area contributed by atoms with E-state index < -0.39 is 16.1 Å². The number of hydrogen-bond donors (Lipinski definition) is 1. The molecule has 168 valence electrons. The van der Waals surface area contributed by atoms with Gasteiger partial charge in [-0.2, -0.15) is 4.31 Å². The summed E-state index contributed by atoms with van der Waals surface area (Å²) in [4.78, 5) is 15.6. The monoisotopic (exact) mass is 443 g/mol. The van der Waals surface area contributed by atoms with Gasteiger partial charge >= 0.3 is 0 Å². The molecule has 0 unspecified atom stereocenters. The minimum Gasteiger partial charge on any atom is -0.371 e. The molecule has 2 aromatic carbocycles. The van der Waals surface area contributed by atoms with Gasteiger partial charge in [-0.3, -0.25) is 4.79 Å². The van der Waals surface area contributed by atoms with E-state index in [1.54, 1.807) is 24.3 Å². The maximum absolute atomic E-state index is 13.1. The van der Waals surface area contributed by atoms with Crippen LogP contribution in [0.4, 0.5) is 5.69 Å². The number of nitrogens with one attached hydrogen (secondary N) is 1. The van der Waals surface area contributed by atoms with Crippen molar-refractivity contribution < 1.29 is 13.2 Å². The summed E-state index contributed by atoms with van der Waals surface area (Å²) in [5, 5.41) is 3.00. The smallest absolute Gasteiger partial charge is 0.243 e. The molecular formula is C24H33N3O3S.